The Kier molecular flexibility index (Phi) is 12.3. The Balaban J connectivity index is 0.969. The first-order chi connectivity index (χ1) is 26.0. The molecule has 0 spiro atoms. The van der Waals surface area contributed by atoms with Gasteiger partial charge in [-0.3, -0.25) is 4.79 Å². The van der Waals surface area contributed by atoms with E-state index in [2.05, 4.69) is 80.5 Å². The number of nitrogens with zero attached hydrogens (tertiary/aromatic N) is 10. The third-order valence-corrected chi connectivity index (χ3v) is 9.90. The molecule has 1 aromatic carbocycles. The second-order valence-corrected chi connectivity index (χ2v) is 15.6. The Labute approximate surface area is 315 Å². The summed E-state index contributed by atoms with van der Waals surface area (Å²) in [7, 11) is 1.30. The van der Waals surface area contributed by atoms with Gasteiger partial charge in [-0.15, -0.1) is 25.5 Å². The summed E-state index contributed by atoms with van der Waals surface area (Å²) in [6.45, 7) is 13.2. The van der Waals surface area contributed by atoms with Gasteiger partial charge in [-0.2, -0.15) is 4.52 Å². The predicted octanol–water partition coefficient (Wildman–Crippen LogP) is 4.48. The van der Waals surface area contributed by atoms with Crippen LogP contribution in [0.2, 0.25) is 0 Å². The second kappa shape index (κ2) is 17.3. The second-order valence-electron chi connectivity index (χ2n) is 15.6. The molecule has 2 atom stereocenters. The fraction of sp³-hybridized carbons (Fsp3) is 0.553. The van der Waals surface area contributed by atoms with Gasteiger partial charge in [0, 0.05) is 36.5 Å². The number of aromatic nitrogens is 10. The van der Waals surface area contributed by atoms with Crippen LogP contribution in [0, 0.1) is 11.3 Å². The maximum absolute atomic E-state index is 13.3. The smallest absolute Gasteiger partial charge is 0.360 e. The molecule has 16 nitrogen and oxygen atoms in total. The summed E-state index contributed by atoms with van der Waals surface area (Å²) in [5.41, 5.74) is 3.89. The van der Waals surface area contributed by atoms with Crippen molar-refractivity contribution in [3.8, 4) is 11.4 Å². The Morgan fingerprint density at radius 1 is 1.00 bits per heavy atom. The fourth-order valence-corrected chi connectivity index (χ4v) is 6.61. The number of nitrogens with one attached hydrogen (secondary N) is 3. The van der Waals surface area contributed by atoms with E-state index in [0.717, 1.165) is 67.4 Å². The highest BCUT2D eigenvalue weighted by Crippen LogP contribution is 2.40. The van der Waals surface area contributed by atoms with Gasteiger partial charge in [0.2, 0.25) is 5.91 Å². The largest absolute Gasteiger partial charge is 0.464 e. The summed E-state index contributed by atoms with van der Waals surface area (Å²) in [6.07, 6.45) is 9.29. The van der Waals surface area contributed by atoms with Crippen LogP contribution in [0.4, 0.5) is 5.82 Å². The van der Waals surface area contributed by atoms with Crippen molar-refractivity contribution in [2.45, 2.75) is 97.7 Å². The van der Waals surface area contributed by atoms with Crippen LogP contribution in [0.3, 0.4) is 0 Å². The predicted molar refractivity (Wildman–Crippen MR) is 204 cm³/mol. The quantitative estimate of drug-likeness (QED) is 0.0799. The molecule has 0 radical (unpaired) electrons. The van der Waals surface area contributed by atoms with Gasteiger partial charge < -0.3 is 20.7 Å². The van der Waals surface area contributed by atoms with Crippen molar-refractivity contribution in [2.75, 3.05) is 32.1 Å². The Morgan fingerprint density at radius 3 is 2.52 bits per heavy atom. The van der Waals surface area contributed by atoms with Gasteiger partial charge in [-0.05, 0) is 68.9 Å². The van der Waals surface area contributed by atoms with Crippen LogP contribution in [0.5, 0.6) is 0 Å². The number of carbonyl (C=O) groups is 2. The lowest BCUT2D eigenvalue weighted by Gasteiger charge is -2.30. The summed E-state index contributed by atoms with van der Waals surface area (Å²) < 4.78 is 9.73. The number of carbonyl (C=O) groups excluding carboxylic acids is 2. The van der Waals surface area contributed by atoms with Crippen molar-refractivity contribution in [3.63, 3.8) is 0 Å². The summed E-state index contributed by atoms with van der Waals surface area (Å²) in [6, 6.07) is 11.4. The van der Waals surface area contributed by atoms with E-state index in [0.29, 0.717) is 18.4 Å². The van der Waals surface area contributed by atoms with Crippen molar-refractivity contribution < 1.29 is 14.3 Å². The maximum Gasteiger partial charge on any atom is 0.360 e. The highest BCUT2D eigenvalue weighted by Gasteiger charge is 2.27. The number of amides is 1. The SMILES string of the molecule is COC(=O)c1cn(C[C@H](CC(C)C)NC(=O)[C@H](C)n2cc(CCCNCC(C)(C)CNc3nn4c(-c5ccccc5)nnc4cc3C3CCC3)nn2)nn1. The number of rotatable bonds is 19. The van der Waals surface area contributed by atoms with Gasteiger partial charge >= 0.3 is 5.97 Å². The Hall–Kier alpha value is -5.25. The highest BCUT2D eigenvalue weighted by atomic mass is 16.5. The molecule has 16 heteroatoms. The first-order valence-electron chi connectivity index (χ1n) is 19.0. The van der Waals surface area contributed by atoms with Gasteiger partial charge in [-0.1, -0.05) is 74.9 Å². The molecule has 1 fully saturated rings. The lowest BCUT2D eigenvalue weighted by Crippen LogP contribution is -2.42. The molecule has 0 bridgehead atoms. The maximum atomic E-state index is 13.3. The fourth-order valence-electron chi connectivity index (χ4n) is 6.61. The first-order valence-corrected chi connectivity index (χ1v) is 19.0. The van der Waals surface area contributed by atoms with E-state index in [1.165, 1.54) is 38.1 Å². The lowest BCUT2D eigenvalue weighted by molar-refractivity contribution is -0.125. The van der Waals surface area contributed by atoms with Crippen molar-refractivity contribution >= 4 is 23.3 Å². The Morgan fingerprint density at radius 2 is 1.80 bits per heavy atom. The van der Waals surface area contributed by atoms with Crippen LogP contribution < -0.4 is 16.0 Å². The van der Waals surface area contributed by atoms with Crippen molar-refractivity contribution in [1.82, 2.24) is 60.4 Å². The van der Waals surface area contributed by atoms with Crippen molar-refractivity contribution in [3.05, 3.63) is 65.7 Å². The number of hydrogen-bond donors (Lipinski definition) is 3. The lowest BCUT2D eigenvalue weighted by atomic mass is 9.80. The van der Waals surface area contributed by atoms with Crippen LogP contribution in [-0.4, -0.2) is 94.5 Å². The number of anilines is 1. The average Bonchev–Trinajstić information content (AvgIpc) is 3.89. The summed E-state index contributed by atoms with van der Waals surface area (Å²) >= 11 is 0. The zero-order chi connectivity index (χ0) is 38.2. The van der Waals surface area contributed by atoms with Crippen molar-refractivity contribution in [1.29, 1.82) is 0 Å². The number of esters is 1. The third-order valence-electron chi connectivity index (χ3n) is 9.90. The monoisotopic (exact) mass is 739 g/mol. The van der Waals surface area contributed by atoms with E-state index in [9.17, 15) is 9.59 Å². The van der Waals surface area contributed by atoms with Gasteiger partial charge in [0.15, 0.2) is 23.0 Å². The van der Waals surface area contributed by atoms with E-state index in [1.807, 2.05) is 41.0 Å². The Bertz CT molecular complexity index is 2000. The van der Waals surface area contributed by atoms with Gasteiger partial charge in [0.1, 0.15) is 6.04 Å². The number of ether oxygens (including phenoxy) is 1. The molecule has 5 aromatic rings. The van der Waals surface area contributed by atoms with E-state index in [4.69, 9.17) is 9.84 Å². The molecular formula is C38H53N13O3. The molecule has 1 amide bonds. The molecule has 1 aliphatic carbocycles. The molecule has 0 unspecified atom stereocenters. The number of benzene rings is 1. The summed E-state index contributed by atoms with van der Waals surface area (Å²) in [5, 5.41) is 40.9. The summed E-state index contributed by atoms with van der Waals surface area (Å²) in [5.74, 6) is 1.74. The molecule has 288 valence electrons. The number of fused-ring (bicyclic) bond motifs is 1. The topological polar surface area (TPSA) is 184 Å². The minimum atomic E-state index is -0.555. The number of hydrogen-bond acceptors (Lipinski definition) is 12. The molecule has 54 heavy (non-hydrogen) atoms. The van der Waals surface area contributed by atoms with Crippen LogP contribution >= 0.6 is 0 Å². The number of aryl methyl sites for hydroxylation is 1. The third kappa shape index (κ3) is 9.64. The minimum Gasteiger partial charge on any atom is -0.464 e. The average molecular weight is 740 g/mol. The van der Waals surface area contributed by atoms with E-state index >= 15 is 0 Å². The van der Waals surface area contributed by atoms with Crippen LogP contribution in [0.15, 0.2) is 48.8 Å². The van der Waals surface area contributed by atoms with Gasteiger partial charge in [0.25, 0.3) is 0 Å². The van der Waals surface area contributed by atoms with Crippen molar-refractivity contribution in [2.24, 2.45) is 11.3 Å². The molecule has 1 saturated carbocycles. The normalized spacial score (nSPS) is 14.6. The van der Waals surface area contributed by atoms with E-state index < -0.39 is 12.0 Å². The van der Waals surface area contributed by atoms with Gasteiger partial charge in [0.05, 0.1) is 25.5 Å². The molecule has 4 heterocycles. The first kappa shape index (κ1) is 38.5. The standard InChI is InChI=1S/C38H53N13O3/c1-25(2)18-30(20-49-22-32(43-47-49)37(53)54-6)41-36(52)26(3)50-21-29(42-48-50)16-11-17-39-23-38(4,5)24-40-34-31(27-14-10-15-27)19-33-44-45-35(51(33)46-34)28-12-8-7-9-13-28/h7-9,12-13,19,21-22,25-27,30,39H,10-11,14-18,20,23-24H2,1-6H3,(H,40,46)(H,41,52)/t26-,30-/m0/s1. The van der Waals surface area contributed by atoms with Crippen LogP contribution in [0.25, 0.3) is 17.0 Å². The molecule has 3 N–H and O–H groups in total. The van der Waals surface area contributed by atoms with E-state index in [1.54, 1.807) is 16.3 Å². The number of methoxy groups -OCH3 is 1. The molecule has 0 saturated heterocycles. The molecular weight excluding hydrogens is 687 g/mol. The van der Waals surface area contributed by atoms with Crippen LogP contribution in [0.1, 0.15) is 100 Å². The molecule has 1 aliphatic rings. The van der Waals surface area contributed by atoms with E-state index in [-0.39, 0.29) is 23.1 Å². The molecule has 0 aliphatic heterocycles. The summed E-state index contributed by atoms with van der Waals surface area (Å²) in [4.78, 5) is 25.1. The highest BCUT2D eigenvalue weighted by molar-refractivity contribution is 5.86. The zero-order valence-electron chi connectivity index (χ0n) is 32.2. The van der Waals surface area contributed by atoms with Crippen LogP contribution in [-0.2, 0) is 22.5 Å². The van der Waals surface area contributed by atoms with Gasteiger partial charge in [-0.25, -0.2) is 14.2 Å². The zero-order valence-corrected chi connectivity index (χ0v) is 32.2. The molecule has 6 rings (SSSR count). The molecule has 4 aromatic heterocycles. The minimum absolute atomic E-state index is 0.0418.